The zero-order valence-corrected chi connectivity index (χ0v) is 18.1. The molecule has 154 valence electrons. The summed E-state index contributed by atoms with van der Waals surface area (Å²) >= 11 is 0. The lowest BCUT2D eigenvalue weighted by Gasteiger charge is -2.41. The maximum atomic E-state index is 13.4. The van der Waals surface area contributed by atoms with Crippen LogP contribution in [0.1, 0.15) is 61.2 Å². The van der Waals surface area contributed by atoms with Gasteiger partial charge in [0.05, 0.1) is 17.4 Å². The van der Waals surface area contributed by atoms with E-state index in [2.05, 4.69) is 20.8 Å². The highest BCUT2D eigenvalue weighted by Gasteiger charge is 2.37. The van der Waals surface area contributed by atoms with E-state index in [0.717, 1.165) is 11.1 Å². The van der Waals surface area contributed by atoms with E-state index in [9.17, 15) is 14.7 Å². The molecule has 0 bridgehead atoms. The lowest BCUT2D eigenvalue weighted by atomic mass is 9.86. The number of carbonyl (C=O) groups excluding carboxylic acids is 1. The normalized spacial score (nSPS) is 16.6. The van der Waals surface area contributed by atoms with E-state index >= 15 is 0 Å². The van der Waals surface area contributed by atoms with Crippen molar-refractivity contribution in [3.63, 3.8) is 0 Å². The fourth-order valence-corrected chi connectivity index (χ4v) is 3.81. The third-order valence-electron chi connectivity index (χ3n) is 5.82. The van der Waals surface area contributed by atoms with Gasteiger partial charge < -0.3 is 10.0 Å². The topological polar surface area (TPSA) is 60.9 Å². The highest BCUT2D eigenvalue weighted by atomic mass is 16.4. The second-order valence-electron chi connectivity index (χ2n) is 8.88. The number of fused-ring (bicyclic) bond motifs is 1. The van der Waals surface area contributed by atoms with Gasteiger partial charge in [0.1, 0.15) is 0 Å². The Labute approximate surface area is 172 Å². The Morgan fingerprint density at radius 1 is 1.03 bits per heavy atom. The fraction of sp³-hybridized carbons (Fsp3) is 0.417. The maximum absolute atomic E-state index is 13.4. The van der Waals surface area contributed by atoms with Gasteiger partial charge in [0.15, 0.2) is 0 Å². The molecule has 2 amide bonds. The summed E-state index contributed by atoms with van der Waals surface area (Å²) in [5.74, 6) is -0.0987. The molecule has 1 aliphatic rings. The number of hydrogen-bond acceptors (Lipinski definition) is 2. The summed E-state index contributed by atoms with van der Waals surface area (Å²) in [7, 11) is 0. The number of carbonyl (C=O) groups is 2. The Hall–Kier alpha value is -2.82. The van der Waals surface area contributed by atoms with Crippen LogP contribution < -0.4 is 9.80 Å². The van der Waals surface area contributed by atoms with Gasteiger partial charge in [-0.3, -0.25) is 9.69 Å². The Balaban J connectivity index is 2.07. The Kier molecular flexibility index (Phi) is 5.44. The number of carboxylic acid groups (broad SMARTS) is 1. The van der Waals surface area contributed by atoms with E-state index in [-0.39, 0.29) is 17.4 Å². The van der Waals surface area contributed by atoms with Crippen molar-refractivity contribution < 1.29 is 14.7 Å². The lowest BCUT2D eigenvalue weighted by molar-refractivity contribution is 0.0982. The van der Waals surface area contributed by atoms with Crippen LogP contribution in [0, 0.1) is 13.8 Å². The van der Waals surface area contributed by atoms with Gasteiger partial charge in [0, 0.05) is 12.1 Å². The summed E-state index contributed by atoms with van der Waals surface area (Å²) in [6, 6.07) is 11.3. The zero-order chi connectivity index (χ0) is 21.5. The van der Waals surface area contributed by atoms with Crippen molar-refractivity contribution in [3.05, 3.63) is 58.7 Å². The molecule has 29 heavy (non-hydrogen) atoms. The molecule has 0 aromatic heterocycles. The number of amides is 2. The van der Waals surface area contributed by atoms with Crippen molar-refractivity contribution in [2.24, 2.45) is 0 Å². The van der Waals surface area contributed by atoms with Gasteiger partial charge in [-0.25, -0.2) is 4.79 Å². The highest BCUT2D eigenvalue weighted by Crippen LogP contribution is 2.39. The van der Waals surface area contributed by atoms with Crippen molar-refractivity contribution in [1.29, 1.82) is 0 Å². The molecule has 2 aromatic rings. The second kappa shape index (κ2) is 7.54. The monoisotopic (exact) mass is 394 g/mol. The molecular weight excluding hydrogens is 364 g/mol. The Morgan fingerprint density at radius 3 is 2.07 bits per heavy atom. The number of hydrogen-bond donors (Lipinski definition) is 1. The largest absolute Gasteiger partial charge is 0.465 e. The summed E-state index contributed by atoms with van der Waals surface area (Å²) in [6.07, 6.45) is -0.353. The van der Waals surface area contributed by atoms with Crippen LogP contribution in [0.15, 0.2) is 36.4 Å². The van der Waals surface area contributed by atoms with E-state index in [0.29, 0.717) is 29.9 Å². The van der Waals surface area contributed by atoms with E-state index in [1.54, 1.807) is 4.90 Å². The average molecular weight is 395 g/mol. The zero-order valence-electron chi connectivity index (χ0n) is 18.1. The summed E-state index contributed by atoms with van der Waals surface area (Å²) in [5.41, 5.74) is 5.08. The number of anilines is 2. The minimum atomic E-state index is -0.983. The maximum Gasteiger partial charge on any atom is 0.412 e. The third-order valence-corrected chi connectivity index (χ3v) is 5.82. The first-order chi connectivity index (χ1) is 13.5. The molecule has 1 unspecified atom stereocenters. The molecule has 0 fully saturated rings. The molecule has 0 saturated carbocycles. The van der Waals surface area contributed by atoms with Crippen molar-refractivity contribution in [1.82, 2.24) is 0 Å². The molecule has 1 aliphatic heterocycles. The smallest absolute Gasteiger partial charge is 0.412 e. The van der Waals surface area contributed by atoms with E-state index < -0.39 is 6.09 Å². The summed E-state index contributed by atoms with van der Waals surface area (Å²) in [4.78, 5) is 28.5. The molecule has 3 rings (SSSR count). The third kappa shape index (κ3) is 3.86. The van der Waals surface area contributed by atoms with Gasteiger partial charge in [-0.2, -0.15) is 0 Å². The summed E-state index contributed by atoms with van der Waals surface area (Å²) < 4.78 is 0. The molecule has 2 aromatic carbocycles. The Bertz CT molecular complexity index is 942. The Morgan fingerprint density at radius 2 is 1.59 bits per heavy atom. The van der Waals surface area contributed by atoms with Crippen LogP contribution >= 0.6 is 0 Å². The molecule has 0 aliphatic carbocycles. The van der Waals surface area contributed by atoms with Gasteiger partial charge in [-0.05, 0) is 66.6 Å². The molecule has 5 heteroatoms. The van der Waals surface area contributed by atoms with Gasteiger partial charge >= 0.3 is 6.09 Å². The van der Waals surface area contributed by atoms with Crippen LogP contribution in [-0.4, -0.2) is 29.7 Å². The van der Waals surface area contributed by atoms with Crippen molar-refractivity contribution in [3.8, 4) is 0 Å². The van der Waals surface area contributed by atoms with E-state index in [4.69, 9.17) is 0 Å². The van der Waals surface area contributed by atoms with Crippen molar-refractivity contribution in [2.45, 2.75) is 59.4 Å². The SMILES string of the molecule is CCC1CN(C(=O)c2ccc(C(C)(C)C)cc2)c2cc(C)c(C)cc2N1C(=O)O. The predicted molar refractivity (Wildman–Crippen MR) is 117 cm³/mol. The standard InChI is InChI=1S/C24H30N2O3/c1-7-19-14-25(22(27)17-8-10-18(11-9-17)24(4,5)6)20-12-15(2)16(3)13-21(20)26(19)23(28)29/h8-13,19H,7,14H2,1-6H3,(H,28,29). The molecule has 0 saturated heterocycles. The highest BCUT2D eigenvalue weighted by molar-refractivity contribution is 6.10. The average Bonchev–Trinajstić information content (AvgIpc) is 2.66. The van der Waals surface area contributed by atoms with Gasteiger partial charge in [-0.1, -0.05) is 39.8 Å². The number of benzene rings is 2. The predicted octanol–water partition coefficient (Wildman–Crippen LogP) is 5.52. The van der Waals surface area contributed by atoms with Gasteiger partial charge in [0.25, 0.3) is 5.91 Å². The van der Waals surface area contributed by atoms with Crippen molar-refractivity contribution >= 4 is 23.4 Å². The molecule has 1 atom stereocenters. The first-order valence-electron chi connectivity index (χ1n) is 10.1. The number of aryl methyl sites for hydroxylation is 2. The molecule has 0 radical (unpaired) electrons. The number of nitrogens with zero attached hydrogens (tertiary/aromatic N) is 2. The van der Waals surface area contributed by atoms with Crippen LogP contribution in [0.2, 0.25) is 0 Å². The van der Waals surface area contributed by atoms with Crippen molar-refractivity contribution in [2.75, 3.05) is 16.3 Å². The van der Waals surface area contributed by atoms with Crippen LogP contribution in [0.5, 0.6) is 0 Å². The quantitative estimate of drug-likeness (QED) is 0.729. The first kappa shape index (κ1) is 20.9. The van der Waals surface area contributed by atoms with Gasteiger partial charge in [0.2, 0.25) is 0 Å². The van der Waals surface area contributed by atoms with Crippen LogP contribution in [0.3, 0.4) is 0 Å². The lowest BCUT2D eigenvalue weighted by Crippen LogP contribution is -2.52. The fourth-order valence-electron chi connectivity index (χ4n) is 3.81. The minimum Gasteiger partial charge on any atom is -0.465 e. The summed E-state index contributed by atoms with van der Waals surface area (Å²) in [5, 5.41) is 9.82. The minimum absolute atomic E-state index is 0.0171. The van der Waals surface area contributed by atoms with Crippen LogP contribution in [-0.2, 0) is 5.41 Å². The molecular formula is C24H30N2O3. The second-order valence-corrected chi connectivity index (χ2v) is 8.88. The van der Waals surface area contributed by atoms with Crippen LogP contribution in [0.4, 0.5) is 16.2 Å². The van der Waals surface area contributed by atoms with Crippen LogP contribution in [0.25, 0.3) is 0 Å². The van der Waals surface area contributed by atoms with E-state index in [1.165, 1.54) is 10.5 Å². The molecule has 5 nitrogen and oxygen atoms in total. The van der Waals surface area contributed by atoms with E-state index in [1.807, 2.05) is 57.2 Å². The summed E-state index contributed by atoms with van der Waals surface area (Å²) in [6.45, 7) is 12.7. The van der Waals surface area contributed by atoms with Gasteiger partial charge in [-0.15, -0.1) is 0 Å². The number of rotatable bonds is 2. The molecule has 0 spiro atoms. The first-order valence-corrected chi connectivity index (χ1v) is 10.1. The molecule has 1 N–H and O–H groups in total. The molecule has 1 heterocycles.